The summed E-state index contributed by atoms with van der Waals surface area (Å²) in [6, 6.07) is 6.61. The van der Waals surface area contributed by atoms with E-state index in [1.54, 1.807) is 20.3 Å². The van der Waals surface area contributed by atoms with Gasteiger partial charge in [0.2, 0.25) is 23.0 Å². The van der Waals surface area contributed by atoms with Crippen molar-refractivity contribution in [2.45, 2.75) is 59.5 Å². The van der Waals surface area contributed by atoms with Crippen molar-refractivity contribution >= 4 is 23.2 Å². The molecule has 1 aliphatic rings. The maximum absolute atomic E-state index is 13.5. The number of anilines is 2. The van der Waals surface area contributed by atoms with E-state index in [1.807, 2.05) is 44.5 Å². The Morgan fingerprint density at radius 2 is 1.79 bits per heavy atom. The Kier molecular flexibility index (Phi) is 9.08. The molecule has 224 valence electrons. The average Bonchev–Trinajstić information content (AvgIpc) is 3.06. The molecule has 1 heterocycles. The van der Waals surface area contributed by atoms with Crippen LogP contribution in [0.25, 0.3) is 11.1 Å². The summed E-state index contributed by atoms with van der Waals surface area (Å²) in [5, 5.41) is 13.4. The Bertz CT molecular complexity index is 1580. The fraction of sp³-hybridized carbons (Fsp3) is 0.419. The number of hydrogen-bond donors (Lipinski definition) is 3. The number of aromatic nitrogens is 2. The van der Waals surface area contributed by atoms with Crippen molar-refractivity contribution < 1.29 is 23.8 Å². The third kappa shape index (κ3) is 5.90. The number of rotatable bonds is 9. The summed E-state index contributed by atoms with van der Waals surface area (Å²) < 4.78 is 18.9. The molecular weight excluding hydrogens is 538 g/mol. The van der Waals surface area contributed by atoms with Crippen LogP contribution >= 0.6 is 0 Å². The zero-order valence-corrected chi connectivity index (χ0v) is 25.4. The lowest BCUT2D eigenvalue weighted by Crippen LogP contribution is -2.27. The molecule has 2 aromatic carbocycles. The monoisotopic (exact) mass is 577 g/mol. The van der Waals surface area contributed by atoms with E-state index >= 15 is 0 Å². The van der Waals surface area contributed by atoms with Crippen LogP contribution < -0.4 is 35.6 Å². The summed E-state index contributed by atoms with van der Waals surface area (Å²) in [6.07, 6.45) is 1.15. The molecule has 1 aromatic heterocycles. The first-order valence-corrected chi connectivity index (χ1v) is 13.9. The number of hydrogen-bond acceptors (Lipinski definition) is 8. The van der Waals surface area contributed by atoms with Gasteiger partial charge < -0.3 is 30.2 Å². The summed E-state index contributed by atoms with van der Waals surface area (Å²) >= 11 is 0. The third-order valence-electron chi connectivity index (χ3n) is 7.43. The number of aryl methyl sites for hydroxylation is 2. The minimum atomic E-state index is -0.425. The van der Waals surface area contributed by atoms with E-state index in [0.29, 0.717) is 46.9 Å². The Morgan fingerprint density at radius 1 is 1.07 bits per heavy atom. The molecule has 3 aromatic rings. The maximum Gasteiger partial charge on any atom is 0.243 e. The molecule has 0 saturated carbocycles. The van der Waals surface area contributed by atoms with Crippen LogP contribution in [0.1, 0.15) is 61.8 Å². The SMILES string of the molecule is COc1cc2c(c(OC)c1OC)-c1ccc(NCC(=O)Nc3c(C)nn(C(C)C)c3C)c(=O)cc1[C@H](NC(C)=O)CC2. The third-order valence-corrected chi connectivity index (χ3v) is 7.43. The molecule has 2 amide bonds. The van der Waals surface area contributed by atoms with Gasteiger partial charge in [-0.25, -0.2) is 0 Å². The van der Waals surface area contributed by atoms with Crippen LogP contribution in [0, 0.1) is 13.8 Å². The van der Waals surface area contributed by atoms with Gasteiger partial charge in [-0.1, -0.05) is 6.07 Å². The summed E-state index contributed by atoms with van der Waals surface area (Å²) in [7, 11) is 4.65. The lowest BCUT2D eigenvalue weighted by Gasteiger charge is -2.19. The number of benzene rings is 1. The first kappa shape index (κ1) is 30.4. The Morgan fingerprint density at radius 3 is 2.38 bits per heavy atom. The van der Waals surface area contributed by atoms with Gasteiger partial charge in [0, 0.05) is 18.5 Å². The second kappa shape index (κ2) is 12.5. The lowest BCUT2D eigenvalue weighted by molar-refractivity contribution is -0.119. The molecule has 0 unspecified atom stereocenters. The summed E-state index contributed by atoms with van der Waals surface area (Å²) in [5.74, 6) is 0.904. The van der Waals surface area contributed by atoms with Crippen LogP contribution in [-0.2, 0) is 16.0 Å². The molecule has 3 N–H and O–H groups in total. The van der Waals surface area contributed by atoms with Crippen LogP contribution in [0.15, 0.2) is 29.1 Å². The van der Waals surface area contributed by atoms with E-state index in [2.05, 4.69) is 21.0 Å². The molecule has 0 spiro atoms. The summed E-state index contributed by atoms with van der Waals surface area (Å²) in [4.78, 5) is 38.6. The van der Waals surface area contributed by atoms with Crippen molar-refractivity contribution in [1.29, 1.82) is 0 Å². The molecule has 0 radical (unpaired) electrons. The Balaban J connectivity index is 1.74. The molecule has 4 rings (SSSR count). The smallest absolute Gasteiger partial charge is 0.243 e. The highest BCUT2D eigenvalue weighted by Crippen LogP contribution is 2.50. The molecule has 0 bridgehead atoms. The van der Waals surface area contributed by atoms with Crippen molar-refractivity contribution in [3.63, 3.8) is 0 Å². The van der Waals surface area contributed by atoms with Crippen molar-refractivity contribution in [3.05, 3.63) is 57.0 Å². The van der Waals surface area contributed by atoms with Crippen molar-refractivity contribution in [2.75, 3.05) is 38.5 Å². The average molecular weight is 578 g/mol. The van der Waals surface area contributed by atoms with Crippen LogP contribution in [0.3, 0.4) is 0 Å². The molecule has 11 nitrogen and oxygen atoms in total. The molecule has 42 heavy (non-hydrogen) atoms. The highest BCUT2D eigenvalue weighted by molar-refractivity contribution is 5.95. The molecular formula is C31H39N5O6. The minimum Gasteiger partial charge on any atom is -0.493 e. The van der Waals surface area contributed by atoms with Crippen LogP contribution in [0.5, 0.6) is 17.2 Å². The standard InChI is InChI=1S/C31H39N5O6/c1-16(2)36-18(4)29(17(3)35-36)34-27(39)15-32-24-12-10-21-22(14-25(24)38)23(33-19(5)37)11-9-20-13-26(40-6)30(41-7)31(42-8)28(20)21/h10,12-14,16,23H,9,11,15H2,1-8H3,(H,32,38)(H,33,37)(H,34,39)/t23-/m1/s1. The fourth-order valence-electron chi connectivity index (χ4n) is 5.56. The topological polar surface area (TPSA) is 133 Å². The number of fused-ring (bicyclic) bond motifs is 3. The van der Waals surface area contributed by atoms with Gasteiger partial charge in [0.15, 0.2) is 11.5 Å². The second-order valence-electron chi connectivity index (χ2n) is 10.6. The van der Waals surface area contributed by atoms with Crippen molar-refractivity contribution in [3.8, 4) is 28.4 Å². The highest BCUT2D eigenvalue weighted by Gasteiger charge is 2.29. The fourth-order valence-corrected chi connectivity index (χ4v) is 5.56. The Hall–Kier alpha value is -4.54. The van der Waals surface area contributed by atoms with Crippen molar-refractivity contribution in [1.82, 2.24) is 15.1 Å². The van der Waals surface area contributed by atoms with Gasteiger partial charge in [0.25, 0.3) is 0 Å². The number of carbonyl (C=O) groups is 2. The van der Waals surface area contributed by atoms with E-state index in [1.165, 1.54) is 20.1 Å². The van der Waals surface area contributed by atoms with Gasteiger partial charge in [0.1, 0.15) is 0 Å². The predicted octanol–water partition coefficient (Wildman–Crippen LogP) is 4.31. The van der Waals surface area contributed by atoms with E-state index in [-0.39, 0.29) is 35.5 Å². The minimum absolute atomic E-state index is 0.129. The molecule has 0 aliphatic heterocycles. The summed E-state index contributed by atoms with van der Waals surface area (Å²) in [5.41, 5.74) is 5.20. The van der Waals surface area contributed by atoms with Gasteiger partial charge >= 0.3 is 0 Å². The quantitative estimate of drug-likeness (QED) is 0.343. The molecule has 0 fully saturated rings. The normalized spacial score (nSPS) is 13.9. The molecule has 11 heteroatoms. The maximum atomic E-state index is 13.5. The first-order valence-electron chi connectivity index (χ1n) is 13.9. The van der Waals surface area contributed by atoms with Gasteiger partial charge in [-0.3, -0.25) is 19.1 Å². The number of ether oxygens (including phenoxy) is 3. The zero-order valence-electron chi connectivity index (χ0n) is 25.4. The van der Waals surface area contributed by atoms with Gasteiger partial charge in [-0.2, -0.15) is 5.10 Å². The van der Waals surface area contributed by atoms with Crippen LogP contribution in [0.4, 0.5) is 11.4 Å². The number of methoxy groups -OCH3 is 3. The molecule has 0 saturated heterocycles. The van der Waals surface area contributed by atoms with Crippen LogP contribution in [0.2, 0.25) is 0 Å². The summed E-state index contributed by atoms with van der Waals surface area (Å²) in [6.45, 7) is 9.12. The number of amides is 2. The Labute approximate surface area is 245 Å². The van der Waals surface area contributed by atoms with E-state index in [0.717, 1.165) is 22.5 Å². The number of nitrogens with one attached hydrogen (secondary N) is 3. The highest BCUT2D eigenvalue weighted by atomic mass is 16.5. The zero-order chi connectivity index (χ0) is 30.7. The van der Waals surface area contributed by atoms with Gasteiger partial charge in [-0.05, 0) is 75.4 Å². The first-order chi connectivity index (χ1) is 20.0. The lowest BCUT2D eigenvalue weighted by atomic mass is 9.95. The number of carbonyl (C=O) groups excluding carboxylic acids is 2. The largest absolute Gasteiger partial charge is 0.493 e. The van der Waals surface area contributed by atoms with E-state index in [4.69, 9.17) is 14.2 Å². The second-order valence-corrected chi connectivity index (χ2v) is 10.6. The molecule has 1 atom stereocenters. The van der Waals surface area contributed by atoms with Gasteiger partial charge in [-0.15, -0.1) is 0 Å². The van der Waals surface area contributed by atoms with Crippen molar-refractivity contribution in [2.24, 2.45) is 0 Å². The predicted molar refractivity (Wildman–Crippen MR) is 162 cm³/mol. The van der Waals surface area contributed by atoms with Crippen LogP contribution in [-0.4, -0.2) is 49.5 Å². The van der Waals surface area contributed by atoms with E-state index < -0.39 is 6.04 Å². The van der Waals surface area contributed by atoms with Gasteiger partial charge in [0.05, 0.1) is 56.7 Å². The number of nitrogens with zero attached hydrogens (tertiary/aromatic N) is 2. The molecule has 1 aliphatic carbocycles. The van der Waals surface area contributed by atoms with E-state index in [9.17, 15) is 14.4 Å².